The van der Waals surface area contributed by atoms with Gasteiger partial charge in [-0.05, 0) is 43.7 Å². The molecular weight excluding hydrogens is 305 g/mol. The van der Waals surface area contributed by atoms with Gasteiger partial charge in [-0.15, -0.1) is 0 Å². The van der Waals surface area contributed by atoms with Crippen LogP contribution < -0.4 is 5.32 Å². The van der Waals surface area contributed by atoms with Gasteiger partial charge in [-0.1, -0.05) is 41.8 Å². The van der Waals surface area contributed by atoms with Crippen LogP contribution in [0.2, 0.25) is 0 Å². The third-order valence-corrected chi connectivity index (χ3v) is 5.12. The zero-order valence-electron chi connectivity index (χ0n) is 11.8. The van der Waals surface area contributed by atoms with E-state index in [1.807, 2.05) is 19.1 Å². The number of nitrogens with one attached hydrogen (secondary N) is 1. The third-order valence-electron chi connectivity index (χ3n) is 4.63. The molecule has 1 fully saturated rings. The van der Waals surface area contributed by atoms with Crippen LogP contribution in [-0.2, 0) is 0 Å². The summed E-state index contributed by atoms with van der Waals surface area (Å²) in [6.07, 6.45) is 6.53. The van der Waals surface area contributed by atoms with E-state index >= 15 is 0 Å². The molecular formula is C16H23BrFN. The number of benzene rings is 1. The molecule has 2 rings (SSSR count). The van der Waals surface area contributed by atoms with Gasteiger partial charge in [0.05, 0.1) is 0 Å². The highest BCUT2D eigenvalue weighted by atomic mass is 79.9. The summed E-state index contributed by atoms with van der Waals surface area (Å²) in [7, 11) is 0. The number of rotatable bonds is 5. The van der Waals surface area contributed by atoms with Crippen molar-refractivity contribution in [2.45, 2.75) is 52.0 Å². The lowest BCUT2D eigenvalue weighted by Crippen LogP contribution is -2.33. The maximum atomic E-state index is 13.9. The molecule has 1 saturated carbocycles. The molecule has 0 aromatic heterocycles. The van der Waals surface area contributed by atoms with Gasteiger partial charge in [-0.25, -0.2) is 4.39 Å². The summed E-state index contributed by atoms with van der Waals surface area (Å²) >= 11 is 3.30. The second-order valence-electron chi connectivity index (χ2n) is 5.83. The summed E-state index contributed by atoms with van der Waals surface area (Å²) in [6.45, 7) is 5.32. The van der Waals surface area contributed by atoms with Crippen LogP contribution in [0.5, 0.6) is 0 Å². The maximum Gasteiger partial charge on any atom is 0.129 e. The van der Waals surface area contributed by atoms with E-state index in [1.54, 1.807) is 6.07 Å². The molecule has 1 aromatic carbocycles. The molecule has 0 heterocycles. The second kappa shape index (κ2) is 6.36. The zero-order chi connectivity index (χ0) is 13.9. The van der Waals surface area contributed by atoms with E-state index in [9.17, 15) is 4.39 Å². The Morgan fingerprint density at radius 3 is 2.63 bits per heavy atom. The fourth-order valence-corrected chi connectivity index (χ4v) is 3.45. The van der Waals surface area contributed by atoms with Gasteiger partial charge in [0.1, 0.15) is 5.82 Å². The van der Waals surface area contributed by atoms with Crippen molar-refractivity contribution in [2.75, 3.05) is 6.54 Å². The van der Waals surface area contributed by atoms with Crippen molar-refractivity contribution < 1.29 is 4.39 Å². The van der Waals surface area contributed by atoms with Gasteiger partial charge in [0.25, 0.3) is 0 Å². The summed E-state index contributed by atoms with van der Waals surface area (Å²) in [4.78, 5) is 0. The lowest BCUT2D eigenvalue weighted by molar-refractivity contribution is 0.258. The van der Waals surface area contributed by atoms with Crippen LogP contribution in [-0.4, -0.2) is 6.54 Å². The summed E-state index contributed by atoms with van der Waals surface area (Å²) in [5, 5.41) is 3.54. The summed E-state index contributed by atoms with van der Waals surface area (Å²) in [5.41, 5.74) is 1.20. The normalized spacial score (nSPS) is 19.6. The molecule has 1 aliphatic rings. The first kappa shape index (κ1) is 15.0. The van der Waals surface area contributed by atoms with E-state index in [0.717, 1.165) is 16.6 Å². The van der Waals surface area contributed by atoms with Crippen molar-refractivity contribution >= 4 is 15.9 Å². The highest BCUT2D eigenvalue weighted by molar-refractivity contribution is 9.10. The molecule has 1 aromatic rings. The van der Waals surface area contributed by atoms with Crippen LogP contribution in [0.25, 0.3) is 0 Å². The quantitative estimate of drug-likeness (QED) is 0.782. The van der Waals surface area contributed by atoms with Crippen molar-refractivity contribution in [3.63, 3.8) is 0 Å². The first-order valence-electron chi connectivity index (χ1n) is 7.25. The molecule has 0 aliphatic heterocycles. The Hall–Kier alpha value is -0.410. The molecule has 0 saturated heterocycles. The first-order chi connectivity index (χ1) is 9.06. The summed E-state index contributed by atoms with van der Waals surface area (Å²) < 4.78 is 14.7. The molecule has 0 amide bonds. The fourth-order valence-electron chi connectivity index (χ4n) is 3.11. The Bertz CT molecular complexity index is 427. The van der Waals surface area contributed by atoms with Crippen molar-refractivity contribution in [1.29, 1.82) is 0 Å². The van der Waals surface area contributed by atoms with Crippen molar-refractivity contribution in [1.82, 2.24) is 5.32 Å². The molecule has 0 spiro atoms. The van der Waals surface area contributed by atoms with Gasteiger partial charge in [0, 0.05) is 22.6 Å². The minimum Gasteiger partial charge on any atom is -0.310 e. The smallest absolute Gasteiger partial charge is 0.129 e. The Labute approximate surface area is 124 Å². The number of hydrogen-bond acceptors (Lipinski definition) is 1. The molecule has 1 nitrogen and oxygen atoms in total. The van der Waals surface area contributed by atoms with Crippen LogP contribution in [0, 0.1) is 11.2 Å². The lowest BCUT2D eigenvalue weighted by atomic mass is 9.83. The zero-order valence-corrected chi connectivity index (χ0v) is 13.4. The van der Waals surface area contributed by atoms with E-state index < -0.39 is 0 Å². The molecule has 3 heteroatoms. The topological polar surface area (TPSA) is 12.0 Å². The van der Waals surface area contributed by atoms with E-state index in [0.29, 0.717) is 5.41 Å². The van der Waals surface area contributed by atoms with Crippen LogP contribution in [0.3, 0.4) is 0 Å². The SMILES string of the molecule is CCC1(CNC(C)c2ccc(Br)cc2F)CCCC1. The predicted molar refractivity (Wildman–Crippen MR) is 81.7 cm³/mol. The molecule has 1 unspecified atom stereocenters. The molecule has 0 radical (unpaired) electrons. The largest absolute Gasteiger partial charge is 0.310 e. The fraction of sp³-hybridized carbons (Fsp3) is 0.625. The Morgan fingerprint density at radius 1 is 1.37 bits per heavy atom. The van der Waals surface area contributed by atoms with Gasteiger partial charge >= 0.3 is 0 Å². The number of halogens is 2. The van der Waals surface area contributed by atoms with Crippen LogP contribution >= 0.6 is 15.9 Å². The van der Waals surface area contributed by atoms with Crippen molar-refractivity contribution in [3.8, 4) is 0 Å². The van der Waals surface area contributed by atoms with Gasteiger partial charge in [0.15, 0.2) is 0 Å². The number of hydrogen-bond donors (Lipinski definition) is 1. The van der Waals surface area contributed by atoms with E-state index in [4.69, 9.17) is 0 Å². The van der Waals surface area contributed by atoms with Gasteiger partial charge in [-0.3, -0.25) is 0 Å². The molecule has 106 valence electrons. The highest BCUT2D eigenvalue weighted by Gasteiger charge is 2.32. The van der Waals surface area contributed by atoms with Crippen LogP contribution in [0.1, 0.15) is 57.6 Å². The third kappa shape index (κ3) is 3.57. The van der Waals surface area contributed by atoms with Crippen molar-refractivity contribution in [2.24, 2.45) is 5.41 Å². The first-order valence-corrected chi connectivity index (χ1v) is 8.04. The van der Waals surface area contributed by atoms with Gasteiger partial charge in [0.2, 0.25) is 0 Å². The van der Waals surface area contributed by atoms with Crippen LogP contribution in [0.15, 0.2) is 22.7 Å². The average Bonchev–Trinajstić information content (AvgIpc) is 2.85. The molecule has 1 N–H and O–H groups in total. The highest BCUT2D eigenvalue weighted by Crippen LogP contribution is 2.40. The maximum absolute atomic E-state index is 13.9. The minimum absolute atomic E-state index is 0.0668. The summed E-state index contributed by atoms with van der Waals surface area (Å²) in [5.74, 6) is -0.133. The standard InChI is InChI=1S/C16H23BrFN/c1-3-16(8-4-5-9-16)11-19-12(2)14-7-6-13(17)10-15(14)18/h6-7,10,12,19H,3-5,8-9,11H2,1-2H3. The van der Waals surface area contributed by atoms with E-state index in [2.05, 4.69) is 28.2 Å². The molecule has 1 atom stereocenters. The van der Waals surface area contributed by atoms with Crippen molar-refractivity contribution in [3.05, 3.63) is 34.1 Å². The second-order valence-corrected chi connectivity index (χ2v) is 6.74. The monoisotopic (exact) mass is 327 g/mol. The Balaban J connectivity index is 1.99. The minimum atomic E-state index is -0.133. The van der Waals surface area contributed by atoms with Gasteiger partial charge in [-0.2, -0.15) is 0 Å². The average molecular weight is 328 g/mol. The summed E-state index contributed by atoms with van der Waals surface area (Å²) in [6, 6.07) is 5.38. The van der Waals surface area contributed by atoms with Gasteiger partial charge < -0.3 is 5.32 Å². The van der Waals surface area contributed by atoms with E-state index in [1.165, 1.54) is 32.1 Å². The molecule has 19 heavy (non-hydrogen) atoms. The predicted octanol–water partition coefficient (Wildman–Crippen LogP) is 5.21. The Kier molecular flexibility index (Phi) is 5.02. The lowest BCUT2D eigenvalue weighted by Gasteiger charge is -2.30. The Morgan fingerprint density at radius 2 is 2.05 bits per heavy atom. The van der Waals surface area contributed by atoms with Crippen LogP contribution in [0.4, 0.5) is 4.39 Å². The molecule has 0 bridgehead atoms. The van der Waals surface area contributed by atoms with E-state index in [-0.39, 0.29) is 11.9 Å². The molecule has 1 aliphatic carbocycles.